The summed E-state index contributed by atoms with van der Waals surface area (Å²) in [4.78, 5) is 0. The maximum atomic E-state index is 13.7. The van der Waals surface area contributed by atoms with Crippen molar-refractivity contribution in [1.82, 2.24) is 5.32 Å². The van der Waals surface area contributed by atoms with Gasteiger partial charge in [-0.3, -0.25) is 0 Å². The van der Waals surface area contributed by atoms with E-state index < -0.39 is 0 Å². The lowest BCUT2D eigenvalue weighted by Crippen LogP contribution is -2.29. The summed E-state index contributed by atoms with van der Waals surface area (Å²) in [5.74, 6) is 0.382. The molecule has 0 fully saturated rings. The second-order valence-electron chi connectivity index (χ2n) is 6.10. The van der Waals surface area contributed by atoms with Crippen molar-refractivity contribution in [3.63, 3.8) is 0 Å². The molecule has 1 aliphatic carbocycles. The summed E-state index contributed by atoms with van der Waals surface area (Å²) in [6.45, 7) is 1.95. The van der Waals surface area contributed by atoms with Crippen LogP contribution in [-0.4, -0.2) is 7.05 Å². The van der Waals surface area contributed by atoms with Gasteiger partial charge in [0, 0.05) is 6.04 Å². The minimum Gasteiger partial charge on any atom is -0.313 e. The Kier molecular flexibility index (Phi) is 4.07. The molecule has 21 heavy (non-hydrogen) atoms. The summed E-state index contributed by atoms with van der Waals surface area (Å²) in [5.41, 5.74) is 4.97. The zero-order valence-electron chi connectivity index (χ0n) is 12.7. The fourth-order valence-electron chi connectivity index (χ4n) is 3.63. The molecule has 0 saturated carbocycles. The monoisotopic (exact) mass is 283 g/mol. The Bertz CT molecular complexity index is 615. The van der Waals surface area contributed by atoms with Crippen molar-refractivity contribution in [2.24, 2.45) is 5.92 Å². The number of rotatable bonds is 3. The molecule has 0 saturated heterocycles. The van der Waals surface area contributed by atoms with Gasteiger partial charge >= 0.3 is 0 Å². The Hall–Kier alpha value is -1.67. The molecule has 2 aromatic carbocycles. The Morgan fingerprint density at radius 3 is 2.62 bits per heavy atom. The highest BCUT2D eigenvalue weighted by molar-refractivity contribution is 5.32. The van der Waals surface area contributed by atoms with Crippen LogP contribution in [0.15, 0.2) is 42.5 Å². The lowest BCUT2D eigenvalue weighted by Gasteiger charge is -2.32. The summed E-state index contributed by atoms with van der Waals surface area (Å²) in [6, 6.07) is 14.3. The normalized spacial score (nSPS) is 19.1. The van der Waals surface area contributed by atoms with E-state index in [1.54, 1.807) is 12.1 Å². The van der Waals surface area contributed by atoms with E-state index in [2.05, 4.69) is 35.6 Å². The van der Waals surface area contributed by atoms with E-state index in [4.69, 9.17) is 0 Å². The molecule has 0 heterocycles. The molecule has 2 unspecified atom stereocenters. The minimum absolute atomic E-state index is 0.138. The molecular formula is C19H22FN. The van der Waals surface area contributed by atoms with Gasteiger partial charge in [-0.05, 0) is 73.5 Å². The van der Waals surface area contributed by atoms with Crippen LogP contribution < -0.4 is 5.32 Å². The highest BCUT2D eigenvalue weighted by Gasteiger charge is 2.26. The fourth-order valence-corrected chi connectivity index (χ4v) is 3.63. The van der Waals surface area contributed by atoms with Crippen molar-refractivity contribution in [3.8, 4) is 0 Å². The molecule has 3 rings (SSSR count). The molecular weight excluding hydrogens is 261 g/mol. The fraction of sp³-hybridized carbons (Fsp3) is 0.368. The quantitative estimate of drug-likeness (QED) is 0.890. The molecule has 0 radical (unpaired) electrons. The first kappa shape index (κ1) is 14.3. The average Bonchev–Trinajstić information content (AvgIpc) is 2.47. The van der Waals surface area contributed by atoms with Gasteiger partial charge in [-0.2, -0.15) is 0 Å². The van der Waals surface area contributed by atoms with Crippen molar-refractivity contribution in [2.45, 2.75) is 32.2 Å². The van der Waals surface area contributed by atoms with Crippen LogP contribution in [0.2, 0.25) is 0 Å². The lowest BCUT2D eigenvalue weighted by molar-refractivity contribution is 0.341. The SMILES string of the molecule is CNC(c1cc(C)cc(F)c1)C1CCc2ccccc2C1. The number of aryl methyl sites for hydroxylation is 2. The van der Waals surface area contributed by atoms with Gasteiger partial charge in [0.2, 0.25) is 0 Å². The Morgan fingerprint density at radius 2 is 1.90 bits per heavy atom. The number of hydrogen-bond acceptors (Lipinski definition) is 1. The van der Waals surface area contributed by atoms with Crippen LogP contribution in [-0.2, 0) is 12.8 Å². The zero-order chi connectivity index (χ0) is 14.8. The van der Waals surface area contributed by atoms with Crippen LogP contribution in [0.1, 0.15) is 34.7 Å². The number of hydrogen-bond donors (Lipinski definition) is 1. The van der Waals surface area contributed by atoms with E-state index in [9.17, 15) is 4.39 Å². The van der Waals surface area contributed by atoms with Gasteiger partial charge in [-0.15, -0.1) is 0 Å². The molecule has 2 atom stereocenters. The first-order valence-electron chi connectivity index (χ1n) is 7.68. The zero-order valence-corrected chi connectivity index (χ0v) is 12.7. The molecule has 0 aromatic heterocycles. The van der Waals surface area contributed by atoms with E-state index in [1.807, 2.05) is 14.0 Å². The maximum absolute atomic E-state index is 13.7. The Morgan fingerprint density at radius 1 is 1.14 bits per heavy atom. The average molecular weight is 283 g/mol. The molecule has 1 N–H and O–H groups in total. The van der Waals surface area contributed by atoms with Crippen LogP contribution in [0.3, 0.4) is 0 Å². The van der Waals surface area contributed by atoms with E-state index in [0.717, 1.165) is 30.4 Å². The number of halogens is 1. The highest BCUT2D eigenvalue weighted by atomic mass is 19.1. The summed E-state index contributed by atoms with van der Waals surface area (Å²) in [6.07, 6.45) is 3.34. The molecule has 2 heteroatoms. The number of nitrogens with one attached hydrogen (secondary N) is 1. The van der Waals surface area contributed by atoms with E-state index >= 15 is 0 Å². The highest BCUT2D eigenvalue weighted by Crippen LogP contribution is 2.34. The third-order valence-electron chi connectivity index (χ3n) is 4.59. The van der Waals surface area contributed by atoms with Crippen molar-refractivity contribution in [2.75, 3.05) is 7.05 Å². The maximum Gasteiger partial charge on any atom is 0.123 e. The van der Waals surface area contributed by atoms with E-state index in [-0.39, 0.29) is 11.9 Å². The molecule has 1 aliphatic rings. The van der Waals surface area contributed by atoms with Gasteiger partial charge in [0.25, 0.3) is 0 Å². The van der Waals surface area contributed by atoms with Crippen molar-refractivity contribution >= 4 is 0 Å². The predicted molar refractivity (Wildman–Crippen MR) is 84.9 cm³/mol. The Labute approximate surface area is 126 Å². The molecule has 0 bridgehead atoms. The molecule has 0 spiro atoms. The smallest absolute Gasteiger partial charge is 0.123 e. The van der Waals surface area contributed by atoms with Crippen LogP contribution in [0.4, 0.5) is 4.39 Å². The number of benzene rings is 2. The summed E-state index contributed by atoms with van der Waals surface area (Å²) in [7, 11) is 1.98. The molecule has 0 aliphatic heterocycles. The van der Waals surface area contributed by atoms with Gasteiger partial charge in [0.05, 0.1) is 0 Å². The summed E-state index contributed by atoms with van der Waals surface area (Å²) < 4.78 is 13.7. The Balaban J connectivity index is 1.88. The van der Waals surface area contributed by atoms with E-state index in [0.29, 0.717) is 5.92 Å². The van der Waals surface area contributed by atoms with Crippen molar-refractivity contribution < 1.29 is 4.39 Å². The van der Waals surface area contributed by atoms with Gasteiger partial charge in [-0.1, -0.05) is 30.3 Å². The standard InChI is InChI=1S/C19H22FN/c1-13-9-17(12-18(20)10-13)19(21-2)16-8-7-14-5-3-4-6-15(14)11-16/h3-6,9-10,12,16,19,21H,7-8,11H2,1-2H3. The van der Waals surface area contributed by atoms with E-state index in [1.165, 1.54) is 11.1 Å². The van der Waals surface area contributed by atoms with Gasteiger partial charge in [0.1, 0.15) is 5.82 Å². The van der Waals surface area contributed by atoms with Gasteiger partial charge in [-0.25, -0.2) is 4.39 Å². The predicted octanol–water partition coefficient (Wildman–Crippen LogP) is 4.20. The minimum atomic E-state index is -0.138. The molecule has 1 nitrogen and oxygen atoms in total. The lowest BCUT2D eigenvalue weighted by atomic mass is 9.78. The van der Waals surface area contributed by atoms with Crippen LogP contribution in [0.5, 0.6) is 0 Å². The van der Waals surface area contributed by atoms with Crippen LogP contribution in [0, 0.1) is 18.7 Å². The summed E-state index contributed by atoms with van der Waals surface area (Å²) in [5, 5.41) is 3.41. The van der Waals surface area contributed by atoms with Gasteiger partial charge in [0.15, 0.2) is 0 Å². The summed E-state index contributed by atoms with van der Waals surface area (Å²) >= 11 is 0. The van der Waals surface area contributed by atoms with Crippen LogP contribution in [0.25, 0.3) is 0 Å². The first-order valence-corrected chi connectivity index (χ1v) is 7.68. The second kappa shape index (κ2) is 5.98. The molecule has 2 aromatic rings. The van der Waals surface area contributed by atoms with Gasteiger partial charge < -0.3 is 5.32 Å². The third kappa shape index (κ3) is 3.01. The second-order valence-corrected chi connectivity index (χ2v) is 6.10. The van der Waals surface area contributed by atoms with Crippen LogP contribution >= 0.6 is 0 Å². The topological polar surface area (TPSA) is 12.0 Å². The number of fused-ring (bicyclic) bond motifs is 1. The van der Waals surface area contributed by atoms with Crippen molar-refractivity contribution in [1.29, 1.82) is 0 Å². The largest absolute Gasteiger partial charge is 0.313 e. The molecule has 0 amide bonds. The first-order chi connectivity index (χ1) is 10.2. The molecule has 110 valence electrons. The third-order valence-corrected chi connectivity index (χ3v) is 4.59. The van der Waals surface area contributed by atoms with Crippen molar-refractivity contribution in [3.05, 3.63) is 70.5 Å².